The Hall–Kier alpha value is -1.03. The Bertz CT molecular complexity index is 653. The Balaban J connectivity index is 1.71. The summed E-state index contributed by atoms with van der Waals surface area (Å²) >= 11 is 12.1. The van der Waals surface area contributed by atoms with Gasteiger partial charge in [0.2, 0.25) is 5.91 Å². The molecule has 1 fully saturated rings. The summed E-state index contributed by atoms with van der Waals surface area (Å²) in [4.78, 5) is 17.5. The average molecular weight is 395 g/mol. The molecule has 2 unspecified atom stereocenters. The first-order valence-electron chi connectivity index (χ1n) is 9.65. The molecule has 0 aromatic heterocycles. The lowest BCUT2D eigenvalue weighted by molar-refractivity contribution is -0.133. The van der Waals surface area contributed by atoms with Crippen molar-refractivity contribution in [3.8, 4) is 0 Å². The van der Waals surface area contributed by atoms with Gasteiger partial charge in [0.05, 0.1) is 16.5 Å². The van der Waals surface area contributed by atoms with Crippen molar-refractivity contribution in [3.05, 3.63) is 46.0 Å². The van der Waals surface area contributed by atoms with Crippen molar-refractivity contribution in [1.82, 2.24) is 9.80 Å². The molecule has 2 aliphatic rings. The average Bonchev–Trinajstić information content (AvgIpc) is 3.12. The highest BCUT2D eigenvalue weighted by Gasteiger charge is 2.33. The van der Waals surface area contributed by atoms with Crippen LogP contribution in [-0.4, -0.2) is 47.9 Å². The molecule has 0 spiro atoms. The van der Waals surface area contributed by atoms with Crippen molar-refractivity contribution < 1.29 is 4.79 Å². The molecule has 0 radical (unpaired) electrons. The van der Waals surface area contributed by atoms with Crippen LogP contribution in [0.2, 0.25) is 10.0 Å². The van der Waals surface area contributed by atoms with Crippen molar-refractivity contribution in [2.75, 3.05) is 20.1 Å². The van der Waals surface area contributed by atoms with Crippen LogP contribution in [-0.2, 0) is 11.2 Å². The summed E-state index contributed by atoms with van der Waals surface area (Å²) in [5.41, 5.74) is 0.918. The van der Waals surface area contributed by atoms with E-state index in [0.29, 0.717) is 22.5 Å². The number of hydrogen-bond acceptors (Lipinski definition) is 2. The van der Waals surface area contributed by atoms with Gasteiger partial charge in [0.1, 0.15) is 0 Å². The number of benzene rings is 1. The fraction of sp³-hybridized carbons (Fsp3) is 0.571. The second kappa shape index (κ2) is 9.25. The predicted molar refractivity (Wildman–Crippen MR) is 109 cm³/mol. The molecule has 1 saturated carbocycles. The minimum absolute atomic E-state index is 0.158. The predicted octanol–water partition coefficient (Wildman–Crippen LogP) is 4.96. The third kappa shape index (κ3) is 4.82. The van der Waals surface area contributed by atoms with Crippen LogP contribution in [0.5, 0.6) is 0 Å². The van der Waals surface area contributed by atoms with E-state index in [0.717, 1.165) is 25.1 Å². The summed E-state index contributed by atoms with van der Waals surface area (Å²) in [5.74, 6) is 0.158. The summed E-state index contributed by atoms with van der Waals surface area (Å²) in [6.45, 7) is 2.02. The summed E-state index contributed by atoms with van der Waals surface area (Å²) in [6, 6.07) is 6.19. The Labute approximate surface area is 166 Å². The molecule has 1 amide bonds. The lowest BCUT2D eigenvalue weighted by Crippen LogP contribution is -2.52. The molecule has 3 nitrogen and oxygen atoms in total. The number of nitrogens with zero attached hydrogens (tertiary/aromatic N) is 2. The highest BCUT2D eigenvalue weighted by Crippen LogP contribution is 2.27. The van der Waals surface area contributed by atoms with Crippen LogP contribution in [0.15, 0.2) is 30.4 Å². The van der Waals surface area contributed by atoms with Gasteiger partial charge in [-0.05, 0) is 30.5 Å². The van der Waals surface area contributed by atoms with E-state index in [1.807, 2.05) is 18.0 Å². The summed E-state index contributed by atoms with van der Waals surface area (Å²) in [6.07, 6.45) is 12.2. The molecule has 5 heteroatoms. The van der Waals surface area contributed by atoms with Gasteiger partial charge in [-0.3, -0.25) is 9.69 Å². The highest BCUT2D eigenvalue weighted by molar-refractivity contribution is 6.42. The SMILES string of the molecule is CN(C(=O)Cc1ccc(Cl)c(Cl)c1)C1CCCCCCC1N1CC=CC1. The maximum absolute atomic E-state index is 13.0. The zero-order chi connectivity index (χ0) is 18.5. The standard InChI is InChI=1S/C21H28Cl2N2O/c1-24(21(26)15-16-10-11-17(22)18(23)14-16)19-8-4-2-3-5-9-20(19)25-12-6-7-13-25/h6-7,10-11,14,19-20H,2-5,8-9,12-13,15H2,1H3. The lowest BCUT2D eigenvalue weighted by Gasteiger charge is -2.41. The topological polar surface area (TPSA) is 23.6 Å². The van der Waals surface area contributed by atoms with E-state index >= 15 is 0 Å². The molecule has 1 aliphatic carbocycles. The van der Waals surface area contributed by atoms with Gasteiger partial charge in [-0.15, -0.1) is 0 Å². The number of amides is 1. The lowest BCUT2D eigenvalue weighted by atomic mass is 9.90. The van der Waals surface area contributed by atoms with Gasteiger partial charge >= 0.3 is 0 Å². The third-order valence-electron chi connectivity index (χ3n) is 5.74. The second-order valence-corrected chi connectivity index (χ2v) is 8.30. The van der Waals surface area contributed by atoms with E-state index in [1.165, 1.54) is 32.1 Å². The quantitative estimate of drug-likeness (QED) is 0.673. The van der Waals surface area contributed by atoms with Crippen LogP contribution in [0.25, 0.3) is 0 Å². The van der Waals surface area contributed by atoms with E-state index in [4.69, 9.17) is 23.2 Å². The fourth-order valence-electron chi connectivity index (χ4n) is 4.22. The van der Waals surface area contributed by atoms with Gasteiger partial charge < -0.3 is 4.90 Å². The molecule has 1 aliphatic heterocycles. The Kier molecular flexibility index (Phi) is 7.02. The molecule has 142 valence electrons. The maximum Gasteiger partial charge on any atom is 0.227 e. The van der Waals surface area contributed by atoms with Crippen molar-refractivity contribution in [3.63, 3.8) is 0 Å². The van der Waals surface area contributed by atoms with Gasteiger partial charge in [0.25, 0.3) is 0 Å². The number of carbonyl (C=O) groups excluding carboxylic acids is 1. The fourth-order valence-corrected chi connectivity index (χ4v) is 4.54. The highest BCUT2D eigenvalue weighted by atomic mass is 35.5. The first-order chi connectivity index (χ1) is 12.6. The molecule has 2 atom stereocenters. The molecular formula is C21H28Cl2N2O. The summed E-state index contributed by atoms with van der Waals surface area (Å²) < 4.78 is 0. The number of carbonyl (C=O) groups is 1. The van der Waals surface area contributed by atoms with E-state index in [-0.39, 0.29) is 11.9 Å². The number of halogens is 2. The first-order valence-corrected chi connectivity index (χ1v) is 10.4. The van der Waals surface area contributed by atoms with Crippen LogP contribution in [0.3, 0.4) is 0 Å². The Morgan fingerprint density at radius 3 is 2.46 bits per heavy atom. The molecular weight excluding hydrogens is 367 g/mol. The zero-order valence-corrected chi connectivity index (χ0v) is 17.0. The Morgan fingerprint density at radius 2 is 1.77 bits per heavy atom. The normalized spacial score (nSPS) is 24.3. The number of rotatable bonds is 4. The molecule has 1 aromatic rings. The maximum atomic E-state index is 13.0. The molecule has 26 heavy (non-hydrogen) atoms. The number of hydrogen-bond donors (Lipinski definition) is 0. The molecule has 0 N–H and O–H groups in total. The van der Waals surface area contributed by atoms with Gasteiger partial charge in [-0.2, -0.15) is 0 Å². The van der Waals surface area contributed by atoms with E-state index < -0.39 is 0 Å². The van der Waals surface area contributed by atoms with E-state index in [2.05, 4.69) is 17.1 Å². The van der Waals surface area contributed by atoms with Gasteiger partial charge in [0.15, 0.2) is 0 Å². The summed E-state index contributed by atoms with van der Waals surface area (Å²) in [5, 5.41) is 1.03. The third-order valence-corrected chi connectivity index (χ3v) is 6.48. The first kappa shape index (κ1) is 19.7. The number of likely N-dealkylation sites (N-methyl/N-ethyl adjacent to an activating group) is 1. The van der Waals surface area contributed by atoms with Crippen LogP contribution < -0.4 is 0 Å². The van der Waals surface area contributed by atoms with E-state index in [1.54, 1.807) is 12.1 Å². The minimum Gasteiger partial charge on any atom is -0.341 e. The van der Waals surface area contributed by atoms with Crippen molar-refractivity contribution in [1.29, 1.82) is 0 Å². The van der Waals surface area contributed by atoms with Gasteiger partial charge in [-0.1, -0.05) is 67.1 Å². The molecule has 1 aromatic carbocycles. The largest absolute Gasteiger partial charge is 0.341 e. The van der Waals surface area contributed by atoms with E-state index in [9.17, 15) is 4.79 Å². The second-order valence-electron chi connectivity index (χ2n) is 7.48. The molecule has 1 heterocycles. The smallest absolute Gasteiger partial charge is 0.227 e. The molecule has 0 saturated heterocycles. The van der Waals surface area contributed by atoms with Gasteiger partial charge in [0, 0.05) is 32.2 Å². The monoisotopic (exact) mass is 394 g/mol. The van der Waals surface area contributed by atoms with Crippen LogP contribution >= 0.6 is 23.2 Å². The summed E-state index contributed by atoms with van der Waals surface area (Å²) in [7, 11) is 1.97. The van der Waals surface area contributed by atoms with Crippen LogP contribution in [0.1, 0.15) is 44.1 Å². The Morgan fingerprint density at radius 1 is 1.08 bits per heavy atom. The zero-order valence-electron chi connectivity index (χ0n) is 15.5. The van der Waals surface area contributed by atoms with Gasteiger partial charge in [-0.25, -0.2) is 0 Å². The molecule has 3 rings (SSSR count). The minimum atomic E-state index is 0.158. The van der Waals surface area contributed by atoms with Crippen LogP contribution in [0, 0.1) is 0 Å². The van der Waals surface area contributed by atoms with Crippen molar-refractivity contribution >= 4 is 29.1 Å². The van der Waals surface area contributed by atoms with Crippen LogP contribution in [0.4, 0.5) is 0 Å². The van der Waals surface area contributed by atoms with Crippen molar-refractivity contribution in [2.45, 2.75) is 57.0 Å². The molecule has 0 bridgehead atoms. The van der Waals surface area contributed by atoms with Crippen molar-refractivity contribution in [2.24, 2.45) is 0 Å².